The normalized spacial score (nSPS) is 14.1. The molecule has 1 N–H and O–H groups in total. The van der Waals surface area contributed by atoms with E-state index in [1.165, 1.54) is 0 Å². The van der Waals surface area contributed by atoms with Crippen molar-refractivity contribution in [2.24, 2.45) is 5.41 Å². The summed E-state index contributed by atoms with van der Waals surface area (Å²) in [6, 6.07) is 0. The zero-order valence-corrected chi connectivity index (χ0v) is 7.72. The van der Waals surface area contributed by atoms with E-state index in [-0.39, 0.29) is 5.41 Å². The van der Waals surface area contributed by atoms with E-state index >= 15 is 0 Å². The van der Waals surface area contributed by atoms with E-state index in [9.17, 15) is 5.11 Å². The van der Waals surface area contributed by atoms with Crippen LogP contribution in [0.3, 0.4) is 0 Å². The minimum absolute atomic E-state index is 0.181. The van der Waals surface area contributed by atoms with Crippen molar-refractivity contribution in [3.63, 3.8) is 0 Å². The SMILES string of the molecule is C#CC(O)CC(C)(C)CCC. The van der Waals surface area contributed by atoms with Gasteiger partial charge in [0.25, 0.3) is 0 Å². The summed E-state index contributed by atoms with van der Waals surface area (Å²) in [5, 5.41) is 9.18. The molecule has 0 aromatic carbocycles. The molecule has 1 unspecified atom stereocenters. The Labute approximate surface area is 69.8 Å². The molecule has 11 heavy (non-hydrogen) atoms. The highest BCUT2D eigenvalue weighted by Gasteiger charge is 2.19. The third kappa shape index (κ3) is 4.86. The number of hydrogen-bond acceptors (Lipinski definition) is 1. The molecule has 0 aliphatic carbocycles. The lowest BCUT2D eigenvalue weighted by Crippen LogP contribution is -2.18. The molecular weight excluding hydrogens is 136 g/mol. The average Bonchev–Trinajstić information content (AvgIpc) is 1.86. The Kier molecular flexibility index (Phi) is 4.22. The molecule has 0 bridgehead atoms. The van der Waals surface area contributed by atoms with Gasteiger partial charge in [-0.2, -0.15) is 0 Å². The van der Waals surface area contributed by atoms with Crippen LogP contribution in [0.25, 0.3) is 0 Å². The maximum Gasteiger partial charge on any atom is 0.115 e. The molecule has 0 fully saturated rings. The molecule has 64 valence electrons. The van der Waals surface area contributed by atoms with E-state index in [1.807, 2.05) is 0 Å². The van der Waals surface area contributed by atoms with Crippen LogP contribution in [0.2, 0.25) is 0 Å². The van der Waals surface area contributed by atoms with Gasteiger partial charge < -0.3 is 5.11 Å². The van der Waals surface area contributed by atoms with Gasteiger partial charge in [0.15, 0.2) is 0 Å². The first-order valence-electron chi connectivity index (χ1n) is 4.16. The van der Waals surface area contributed by atoms with Gasteiger partial charge in [0.1, 0.15) is 6.10 Å². The van der Waals surface area contributed by atoms with Crippen LogP contribution >= 0.6 is 0 Å². The van der Waals surface area contributed by atoms with Crippen LogP contribution in [0.4, 0.5) is 0 Å². The fraction of sp³-hybridized carbons (Fsp3) is 0.800. The highest BCUT2D eigenvalue weighted by atomic mass is 16.3. The Balaban J connectivity index is 3.82. The standard InChI is InChI=1S/C10H18O/c1-5-7-10(3,4)8-9(11)6-2/h2,9,11H,5,7-8H2,1,3-4H3. The summed E-state index contributed by atoms with van der Waals surface area (Å²) >= 11 is 0. The number of hydrogen-bond donors (Lipinski definition) is 1. The van der Waals surface area contributed by atoms with Crippen LogP contribution in [-0.2, 0) is 0 Å². The van der Waals surface area contributed by atoms with Gasteiger partial charge in [-0.1, -0.05) is 33.1 Å². The maximum atomic E-state index is 9.18. The summed E-state index contributed by atoms with van der Waals surface area (Å²) in [7, 11) is 0. The second-order valence-electron chi connectivity index (χ2n) is 3.80. The Morgan fingerprint density at radius 3 is 2.45 bits per heavy atom. The number of aliphatic hydroxyl groups is 1. The van der Waals surface area contributed by atoms with Crippen LogP contribution in [-0.4, -0.2) is 11.2 Å². The van der Waals surface area contributed by atoms with Crippen LogP contribution in [0.5, 0.6) is 0 Å². The van der Waals surface area contributed by atoms with Crippen molar-refractivity contribution in [1.82, 2.24) is 0 Å². The van der Waals surface area contributed by atoms with E-state index in [4.69, 9.17) is 6.42 Å². The number of rotatable bonds is 4. The molecule has 0 saturated carbocycles. The number of terminal acetylenes is 1. The van der Waals surface area contributed by atoms with Gasteiger partial charge in [-0.25, -0.2) is 0 Å². The summed E-state index contributed by atoms with van der Waals surface area (Å²) in [6.07, 6.45) is 7.47. The lowest BCUT2D eigenvalue weighted by atomic mass is 9.83. The molecule has 0 saturated heterocycles. The predicted molar refractivity (Wildman–Crippen MR) is 48.1 cm³/mol. The van der Waals surface area contributed by atoms with Gasteiger partial charge in [0, 0.05) is 0 Å². The molecule has 0 aromatic heterocycles. The maximum absolute atomic E-state index is 9.18. The van der Waals surface area contributed by atoms with E-state index in [2.05, 4.69) is 26.7 Å². The Hall–Kier alpha value is -0.480. The van der Waals surface area contributed by atoms with Gasteiger partial charge in [0.05, 0.1) is 0 Å². The third-order valence-electron chi connectivity index (χ3n) is 1.87. The van der Waals surface area contributed by atoms with Gasteiger partial charge in [-0.15, -0.1) is 6.42 Å². The molecule has 1 heteroatoms. The quantitative estimate of drug-likeness (QED) is 0.615. The van der Waals surface area contributed by atoms with Crippen molar-refractivity contribution < 1.29 is 5.11 Å². The fourth-order valence-corrected chi connectivity index (χ4v) is 1.36. The lowest BCUT2D eigenvalue weighted by Gasteiger charge is -2.24. The molecule has 0 amide bonds. The molecule has 0 rings (SSSR count). The first kappa shape index (κ1) is 10.5. The van der Waals surface area contributed by atoms with E-state index in [0.717, 1.165) is 12.8 Å². The Morgan fingerprint density at radius 2 is 2.09 bits per heavy atom. The van der Waals surface area contributed by atoms with Crippen molar-refractivity contribution >= 4 is 0 Å². The molecule has 0 aromatic rings. The van der Waals surface area contributed by atoms with E-state index in [0.29, 0.717) is 6.42 Å². The van der Waals surface area contributed by atoms with E-state index in [1.54, 1.807) is 0 Å². The summed E-state index contributed by atoms with van der Waals surface area (Å²) in [4.78, 5) is 0. The zero-order valence-electron chi connectivity index (χ0n) is 7.72. The van der Waals surface area contributed by atoms with Crippen LogP contribution in [0, 0.1) is 17.8 Å². The second kappa shape index (κ2) is 4.41. The molecule has 0 spiro atoms. The largest absolute Gasteiger partial charge is 0.380 e. The first-order chi connectivity index (χ1) is 5.02. The summed E-state index contributed by atoms with van der Waals surface area (Å²) in [5.41, 5.74) is 0.181. The van der Waals surface area contributed by atoms with Crippen molar-refractivity contribution in [3.8, 4) is 12.3 Å². The molecule has 0 aliphatic heterocycles. The summed E-state index contributed by atoms with van der Waals surface area (Å²) < 4.78 is 0. The molecule has 0 heterocycles. The fourth-order valence-electron chi connectivity index (χ4n) is 1.36. The summed E-state index contributed by atoms with van der Waals surface area (Å²) in [5.74, 6) is 2.33. The first-order valence-corrected chi connectivity index (χ1v) is 4.16. The van der Waals surface area contributed by atoms with Gasteiger partial charge >= 0.3 is 0 Å². The van der Waals surface area contributed by atoms with Crippen molar-refractivity contribution in [3.05, 3.63) is 0 Å². The highest BCUT2D eigenvalue weighted by Crippen LogP contribution is 2.27. The van der Waals surface area contributed by atoms with Crippen LogP contribution in [0.1, 0.15) is 40.0 Å². The van der Waals surface area contributed by atoms with Crippen LogP contribution in [0.15, 0.2) is 0 Å². The zero-order chi connectivity index (χ0) is 8.91. The summed E-state index contributed by atoms with van der Waals surface area (Å²) in [6.45, 7) is 6.41. The van der Waals surface area contributed by atoms with Crippen LogP contribution < -0.4 is 0 Å². The second-order valence-corrected chi connectivity index (χ2v) is 3.80. The van der Waals surface area contributed by atoms with Crippen molar-refractivity contribution in [2.45, 2.75) is 46.1 Å². The van der Waals surface area contributed by atoms with Crippen molar-refractivity contribution in [1.29, 1.82) is 0 Å². The monoisotopic (exact) mass is 154 g/mol. The molecule has 1 atom stereocenters. The third-order valence-corrected chi connectivity index (χ3v) is 1.87. The molecule has 1 nitrogen and oxygen atoms in total. The van der Waals surface area contributed by atoms with E-state index < -0.39 is 6.10 Å². The minimum atomic E-state index is -0.573. The molecule has 0 aliphatic rings. The van der Waals surface area contributed by atoms with Gasteiger partial charge in [0.2, 0.25) is 0 Å². The Morgan fingerprint density at radius 1 is 1.55 bits per heavy atom. The smallest absolute Gasteiger partial charge is 0.115 e. The predicted octanol–water partition coefficient (Wildman–Crippen LogP) is 2.20. The van der Waals surface area contributed by atoms with Gasteiger partial charge in [-0.3, -0.25) is 0 Å². The number of aliphatic hydroxyl groups excluding tert-OH is 1. The van der Waals surface area contributed by atoms with Crippen molar-refractivity contribution in [2.75, 3.05) is 0 Å². The Bertz CT molecular complexity index is 141. The van der Waals surface area contributed by atoms with Gasteiger partial charge in [-0.05, 0) is 18.3 Å². The average molecular weight is 154 g/mol. The molecule has 0 radical (unpaired) electrons. The lowest BCUT2D eigenvalue weighted by molar-refractivity contribution is 0.153. The topological polar surface area (TPSA) is 20.2 Å². The minimum Gasteiger partial charge on any atom is -0.380 e. The molecular formula is C10H18O. The highest BCUT2D eigenvalue weighted by molar-refractivity contribution is 4.95.